The Bertz CT molecular complexity index is 537. The monoisotopic (exact) mass is 305 g/mol. The zero-order valence-corrected chi connectivity index (χ0v) is 13.7. The molecule has 5 nitrogen and oxygen atoms in total. The topological polar surface area (TPSA) is 55.6 Å². The highest BCUT2D eigenvalue weighted by Gasteiger charge is 2.13. The molecule has 1 N–H and O–H groups in total. The summed E-state index contributed by atoms with van der Waals surface area (Å²) in [5.41, 5.74) is 2.72. The SMILES string of the molecule is CCCc1ccc(C(CSc2nnnn2C)NCC)cc1. The molecule has 21 heavy (non-hydrogen) atoms. The molecule has 1 aromatic carbocycles. The second-order valence-electron chi connectivity index (χ2n) is 5.00. The average molecular weight is 305 g/mol. The number of benzene rings is 1. The number of nitrogens with one attached hydrogen (secondary N) is 1. The summed E-state index contributed by atoms with van der Waals surface area (Å²) in [5.74, 6) is 0.912. The Kier molecular flexibility index (Phi) is 6.20. The number of hydrogen-bond donors (Lipinski definition) is 1. The predicted molar refractivity (Wildman–Crippen MR) is 86.4 cm³/mol. The number of aryl methyl sites for hydroxylation is 2. The molecule has 0 amide bonds. The first-order valence-electron chi connectivity index (χ1n) is 7.42. The molecule has 0 fully saturated rings. The Balaban J connectivity index is 2.02. The highest BCUT2D eigenvalue weighted by atomic mass is 32.2. The average Bonchev–Trinajstić information content (AvgIpc) is 2.90. The van der Waals surface area contributed by atoms with Crippen LogP contribution in [0.1, 0.15) is 37.4 Å². The third kappa shape index (κ3) is 4.54. The molecule has 0 saturated heterocycles. The number of tetrazole rings is 1. The molecule has 0 spiro atoms. The Labute approximate surface area is 130 Å². The molecule has 1 heterocycles. The maximum absolute atomic E-state index is 4.02. The van der Waals surface area contributed by atoms with Crippen molar-refractivity contribution in [3.05, 3.63) is 35.4 Å². The van der Waals surface area contributed by atoms with Crippen LogP contribution in [0, 0.1) is 0 Å². The minimum Gasteiger partial charge on any atom is -0.309 e. The lowest BCUT2D eigenvalue weighted by Crippen LogP contribution is -2.23. The van der Waals surface area contributed by atoms with Crippen molar-refractivity contribution in [2.24, 2.45) is 7.05 Å². The van der Waals surface area contributed by atoms with Gasteiger partial charge < -0.3 is 5.32 Å². The summed E-state index contributed by atoms with van der Waals surface area (Å²) in [6, 6.07) is 9.24. The van der Waals surface area contributed by atoms with Crippen LogP contribution in [0.5, 0.6) is 0 Å². The van der Waals surface area contributed by atoms with Crippen molar-refractivity contribution < 1.29 is 0 Å². The molecular weight excluding hydrogens is 282 g/mol. The summed E-state index contributed by atoms with van der Waals surface area (Å²) >= 11 is 1.68. The van der Waals surface area contributed by atoms with Crippen molar-refractivity contribution in [3.8, 4) is 0 Å². The molecule has 1 atom stereocenters. The lowest BCUT2D eigenvalue weighted by molar-refractivity contribution is 0.603. The van der Waals surface area contributed by atoms with Crippen molar-refractivity contribution in [1.29, 1.82) is 0 Å². The van der Waals surface area contributed by atoms with Gasteiger partial charge in [-0.1, -0.05) is 56.3 Å². The van der Waals surface area contributed by atoms with Crippen LogP contribution in [0.2, 0.25) is 0 Å². The first kappa shape index (κ1) is 16.0. The van der Waals surface area contributed by atoms with E-state index in [1.54, 1.807) is 16.4 Å². The van der Waals surface area contributed by atoms with Crippen LogP contribution in [0.3, 0.4) is 0 Å². The molecule has 6 heteroatoms. The fourth-order valence-electron chi connectivity index (χ4n) is 2.23. The second-order valence-corrected chi connectivity index (χ2v) is 5.99. The largest absolute Gasteiger partial charge is 0.309 e. The lowest BCUT2D eigenvalue weighted by Gasteiger charge is -2.18. The van der Waals surface area contributed by atoms with E-state index >= 15 is 0 Å². The number of aromatic nitrogens is 4. The minimum absolute atomic E-state index is 0.312. The van der Waals surface area contributed by atoms with Gasteiger partial charge in [0.25, 0.3) is 0 Å². The van der Waals surface area contributed by atoms with Crippen molar-refractivity contribution in [2.45, 2.75) is 37.9 Å². The van der Waals surface area contributed by atoms with Gasteiger partial charge >= 0.3 is 0 Å². The third-order valence-corrected chi connectivity index (χ3v) is 4.44. The standard InChI is InChI=1S/C15H23N5S/c1-4-6-12-7-9-13(10-8-12)14(16-5-2)11-21-15-17-18-19-20(15)3/h7-10,14,16H,4-6,11H2,1-3H3. The van der Waals surface area contributed by atoms with Crippen molar-refractivity contribution in [2.75, 3.05) is 12.3 Å². The van der Waals surface area contributed by atoms with Gasteiger partial charge in [0, 0.05) is 18.8 Å². The van der Waals surface area contributed by atoms with E-state index < -0.39 is 0 Å². The zero-order valence-electron chi connectivity index (χ0n) is 12.9. The zero-order chi connectivity index (χ0) is 15.1. The summed E-state index contributed by atoms with van der Waals surface area (Å²) < 4.78 is 1.71. The molecule has 1 unspecified atom stereocenters. The minimum atomic E-state index is 0.312. The van der Waals surface area contributed by atoms with Crippen LogP contribution in [0.4, 0.5) is 0 Å². The quantitative estimate of drug-likeness (QED) is 0.760. The molecule has 0 aliphatic carbocycles. The van der Waals surface area contributed by atoms with Crippen LogP contribution in [-0.4, -0.2) is 32.5 Å². The Morgan fingerprint density at radius 3 is 2.57 bits per heavy atom. The van der Waals surface area contributed by atoms with E-state index in [1.807, 2.05) is 7.05 Å². The Hall–Kier alpha value is -1.40. The fourth-order valence-corrected chi connectivity index (χ4v) is 3.17. The Morgan fingerprint density at radius 1 is 1.24 bits per heavy atom. The molecule has 0 aliphatic heterocycles. The van der Waals surface area contributed by atoms with Gasteiger partial charge in [0.2, 0.25) is 5.16 Å². The molecule has 114 valence electrons. The molecule has 0 radical (unpaired) electrons. The van der Waals surface area contributed by atoms with Crippen molar-refractivity contribution >= 4 is 11.8 Å². The van der Waals surface area contributed by atoms with Gasteiger partial charge in [0.15, 0.2) is 0 Å². The number of hydrogen-bond acceptors (Lipinski definition) is 5. The normalized spacial score (nSPS) is 12.5. The van der Waals surface area contributed by atoms with Gasteiger partial charge in [-0.15, -0.1) is 5.10 Å². The molecule has 0 bridgehead atoms. The van der Waals surface area contributed by atoms with Gasteiger partial charge in [-0.05, 0) is 34.5 Å². The van der Waals surface area contributed by atoms with Crippen LogP contribution >= 0.6 is 11.8 Å². The predicted octanol–water partition coefficient (Wildman–Crippen LogP) is 2.61. The highest BCUT2D eigenvalue weighted by Crippen LogP contribution is 2.23. The van der Waals surface area contributed by atoms with Crippen LogP contribution in [-0.2, 0) is 13.5 Å². The van der Waals surface area contributed by atoms with E-state index in [-0.39, 0.29) is 0 Å². The summed E-state index contributed by atoms with van der Waals surface area (Å²) in [5, 5.41) is 15.9. The number of thioether (sulfide) groups is 1. The molecule has 2 aromatic rings. The van der Waals surface area contributed by atoms with E-state index in [9.17, 15) is 0 Å². The van der Waals surface area contributed by atoms with E-state index in [2.05, 4.69) is 59.0 Å². The highest BCUT2D eigenvalue weighted by molar-refractivity contribution is 7.99. The molecular formula is C15H23N5S. The van der Waals surface area contributed by atoms with Gasteiger partial charge in [-0.25, -0.2) is 4.68 Å². The van der Waals surface area contributed by atoms with Gasteiger partial charge in [0.1, 0.15) is 0 Å². The maximum Gasteiger partial charge on any atom is 0.209 e. The smallest absolute Gasteiger partial charge is 0.209 e. The summed E-state index contributed by atoms with van der Waals surface area (Å²) in [4.78, 5) is 0. The van der Waals surface area contributed by atoms with Crippen LogP contribution in [0.25, 0.3) is 0 Å². The summed E-state index contributed by atoms with van der Waals surface area (Å²) in [6.07, 6.45) is 2.33. The third-order valence-electron chi connectivity index (χ3n) is 3.33. The summed E-state index contributed by atoms with van der Waals surface area (Å²) in [7, 11) is 1.87. The summed E-state index contributed by atoms with van der Waals surface area (Å²) in [6.45, 7) is 5.28. The van der Waals surface area contributed by atoms with Crippen molar-refractivity contribution in [3.63, 3.8) is 0 Å². The van der Waals surface area contributed by atoms with E-state index in [4.69, 9.17) is 0 Å². The first-order chi connectivity index (χ1) is 10.2. The molecule has 2 rings (SSSR count). The van der Waals surface area contributed by atoms with E-state index in [0.29, 0.717) is 6.04 Å². The van der Waals surface area contributed by atoms with Gasteiger partial charge in [0.05, 0.1) is 0 Å². The van der Waals surface area contributed by atoms with E-state index in [1.165, 1.54) is 17.5 Å². The van der Waals surface area contributed by atoms with Crippen molar-refractivity contribution in [1.82, 2.24) is 25.5 Å². The maximum atomic E-state index is 4.02. The number of rotatable bonds is 8. The molecule has 0 saturated carbocycles. The Morgan fingerprint density at radius 2 is 2.00 bits per heavy atom. The second kappa shape index (κ2) is 8.14. The van der Waals surface area contributed by atoms with Crippen LogP contribution in [0.15, 0.2) is 29.4 Å². The molecule has 1 aromatic heterocycles. The lowest BCUT2D eigenvalue weighted by atomic mass is 10.0. The number of nitrogens with zero attached hydrogens (tertiary/aromatic N) is 4. The van der Waals surface area contributed by atoms with Crippen LogP contribution < -0.4 is 5.32 Å². The van der Waals surface area contributed by atoms with E-state index in [0.717, 1.165) is 23.9 Å². The van der Waals surface area contributed by atoms with Gasteiger partial charge in [-0.2, -0.15) is 0 Å². The van der Waals surface area contributed by atoms with Gasteiger partial charge in [-0.3, -0.25) is 0 Å². The fraction of sp³-hybridized carbons (Fsp3) is 0.533. The first-order valence-corrected chi connectivity index (χ1v) is 8.40. The molecule has 0 aliphatic rings.